The number of aromatic nitrogens is 2. The van der Waals surface area contributed by atoms with E-state index in [-0.39, 0.29) is 0 Å². The zero-order valence-electron chi connectivity index (χ0n) is 11.7. The fraction of sp³-hybridized carbons (Fsp3) is 0.714. The number of rotatable bonds is 8. The van der Waals surface area contributed by atoms with Crippen LogP contribution >= 0.6 is 0 Å². The van der Waals surface area contributed by atoms with Gasteiger partial charge in [-0.25, -0.2) is 0 Å². The van der Waals surface area contributed by atoms with E-state index in [4.69, 9.17) is 0 Å². The molecular weight excluding hydrogens is 242 g/mol. The maximum atomic E-state index is 11.4. The van der Waals surface area contributed by atoms with Crippen LogP contribution in [0, 0.1) is 6.92 Å². The summed E-state index contributed by atoms with van der Waals surface area (Å²) in [5.74, 6) is -0.741. The number of hydrogen-bond donors (Lipinski definition) is 2. The fourth-order valence-electron chi connectivity index (χ4n) is 2.26. The Morgan fingerprint density at radius 3 is 2.84 bits per heavy atom. The van der Waals surface area contributed by atoms with Gasteiger partial charge in [-0.2, -0.15) is 5.10 Å². The van der Waals surface area contributed by atoms with Crippen molar-refractivity contribution in [2.45, 2.75) is 64.1 Å². The number of carboxylic acids is 1. The topological polar surface area (TPSA) is 67.2 Å². The van der Waals surface area contributed by atoms with Gasteiger partial charge < -0.3 is 5.11 Å². The predicted molar refractivity (Wildman–Crippen MR) is 73.0 cm³/mol. The first kappa shape index (κ1) is 14.1. The molecule has 1 saturated carbocycles. The zero-order chi connectivity index (χ0) is 13.9. The molecule has 19 heavy (non-hydrogen) atoms. The van der Waals surface area contributed by atoms with Crippen molar-refractivity contribution in [3.8, 4) is 0 Å². The summed E-state index contributed by atoms with van der Waals surface area (Å²) >= 11 is 0. The minimum Gasteiger partial charge on any atom is -0.480 e. The summed E-state index contributed by atoms with van der Waals surface area (Å²) in [5, 5.41) is 16.8. The summed E-state index contributed by atoms with van der Waals surface area (Å²) < 4.78 is 1.92. The van der Waals surface area contributed by atoms with E-state index in [1.54, 1.807) is 6.92 Å². The van der Waals surface area contributed by atoms with Crippen LogP contribution in [0.1, 0.15) is 44.6 Å². The van der Waals surface area contributed by atoms with Gasteiger partial charge in [0.25, 0.3) is 0 Å². The number of unbranched alkanes of at least 4 members (excludes halogenated alkanes) is 1. The van der Waals surface area contributed by atoms with Crippen LogP contribution in [0.3, 0.4) is 0 Å². The van der Waals surface area contributed by atoms with Crippen molar-refractivity contribution in [1.29, 1.82) is 0 Å². The standard InChI is InChI=1S/C14H23N3O2/c1-11-9-15-17(10-11)8-4-3-7-14(2,13(18)19)16-12-5-6-12/h9-10,12,16H,3-8H2,1-2H3,(H,18,19). The number of aliphatic carboxylic acids is 1. The van der Waals surface area contributed by atoms with Gasteiger partial charge in [-0.3, -0.25) is 14.8 Å². The molecule has 2 rings (SSSR count). The Bertz CT molecular complexity index is 440. The maximum Gasteiger partial charge on any atom is 0.323 e. The second kappa shape index (κ2) is 5.74. The van der Waals surface area contributed by atoms with Gasteiger partial charge in [0.1, 0.15) is 5.54 Å². The van der Waals surface area contributed by atoms with Crippen molar-refractivity contribution < 1.29 is 9.90 Å². The van der Waals surface area contributed by atoms with Crippen molar-refractivity contribution in [3.05, 3.63) is 18.0 Å². The van der Waals surface area contributed by atoms with Gasteiger partial charge in [0.15, 0.2) is 0 Å². The van der Waals surface area contributed by atoms with Crippen LogP contribution in [-0.4, -0.2) is 32.4 Å². The Kier molecular flexibility index (Phi) is 4.24. The molecular formula is C14H23N3O2. The van der Waals surface area contributed by atoms with Gasteiger partial charge in [-0.1, -0.05) is 0 Å². The molecule has 1 aromatic heterocycles. The van der Waals surface area contributed by atoms with E-state index >= 15 is 0 Å². The van der Waals surface area contributed by atoms with E-state index in [1.807, 2.05) is 24.0 Å². The summed E-state index contributed by atoms with van der Waals surface area (Å²) in [6.07, 6.45) is 8.58. The highest BCUT2D eigenvalue weighted by atomic mass is 16.4. The molecule has 0 aromatic carbocycles. The van der Waals surface area contributed by atoms with Crippen molar-refractivity contribution in [3.63, 3.8) is 0 Å². The van der Waals surface area contributed by atoms with Gasteiger partial charge in [0.2, 0.25) is 0 Å². The maximum absolute atomic E-state index is 11.4. The highest BCUT2D eigenvalue weighted by molar-refractivity contribution is 5.78. The SMILES string of the molecule is Cc1cnn(CCCCC(C)(NC2CC2)C(=O)O)c1. The number of nitrogens with zero attached hydrogens (tertiary/aromatic N) is 2. The summed E-state index contributed by atoms with van der Waals surface area (Å²) in [4.78, 5) is 11.4. The molecule has 1 unspecified atom stereocenters. The largest absolute Gasteiger partial charge is 0.480 e. The van der Waals surface area contributed by atoms with E-state index in [0.29, 0.717) is 12.5 Å². The second-order valence-electron chi connectivity index (χ2n) is 5.79. The van der Waals surface area contributed by atoms with E-state index < -0.39 is 11.5 Å². The van der Waals surface area contributed by atoms with Gasteiger partial charge in [-0.05, 0) is 51.5 Å². The van der Waals surface area contributed by atoms with Gasteiger partial charge in [-0.15, -0.1) is 0 Å². The lowest BCUT2D eigenvalue weighted by molar-refractivity contribution is -0.144. The minimum atomic E-state index is -0.777. The molecule has 0 saturated heterocycles. The number of aryl methyl sites for hydroxylation is 2. The highest BCUT2D eigenvalue weighted by Gasteiger charge is 2.37. The first-order valence-electron chi connectivity index (χ1n) is 7.00. The number of carbonyl (C=O) groups is 1. The van der Waals surface area contributed by atoms with Gasteiger partial charge >= 0.3 is 5.97 Å². The molecule has 1 aliphatic rings. The van der Waals surface area contributed by atoms with E-state index in [2.05, 4.69) is 10.4 Å². The molecule has 1 fully saturated rings. The molecule has 0 spiro atoms. The average Bonchev–Trinajstić information content (AvgIpc) is 3.05. The Labute approximate surface area is 114 Å². The molecule has 5 nitrogen and oxygen atoms in total. The third-order valence-electron chi connectivity index (χ3n) is 3.65. The highest BCUT2D eigenvalue weighted by Crippen LogP contribution is 2.25. The molecule has 2 N–H and O–H groups in total. The molecule has 5 heteroatoms. The molecule has 0 aliphatic heterocycles. The smallest absolute Gasteiger partial charge is 0.323 e. The van der Waals surface area contributed by atoms with E-state index in [1.165, 1.54) is 0 Å². The summed E-state index contributed by atoms with van der Waals surface area (Å²) in [6, 6.07) is 0.412. The fourth-order valence-corrected chi connectivity index (χ4v) is 2.26. The minimum absolute atomic E-state index is 0.412. The van der Waals surface area contributed by atoms with Crippen molar-refractivity contribution in [2.75, 3.05) is 0 Å². The molecule has 1 atom stereocenters. The second-order valence-corrected chi connectivity index (χ2v) is 5.79. The quantitative estimate of drug-likeness (QED) is 0.705. The Morgan fingerprint density at radius 1 is 1.58 bits per heavy atom. The third kappa shape index (κ3) is 4.06. The van der Waals surface area contributed by atoms with Crippen molar-refractivity contribution in [2.24, 2.45) is 0 Å². The van der Waals surface area contributed by atoms with Crippen LogP contribution in [0.25, 0.3) is 0 Å². The van der Waals surface area contributed by atoms with Crippen LogP contribution in [0.2, 0.25) is 0 Å². The summed E-state index contributed by atoms with van der Waals surface area (Å²) in [5.41, 5.74) is 0.382. The molecule has 0 radical (unpaired) electrons. The monoisotopic (exact) mass is 265 g/mol. The Balaban J connectivity index is 1.74. The number of hydrogen-bond acceptors (Lipinski definition) is 3. The lowest BCUT2D eigenvalue weighted by Gasteiger charge is -2.26. The summed E-state index contributed by atoms with van der Waals surface area (Å²) in [7, 11) is 0. The first-order valence-corrected chi connectivity index (χ1v) is 7.00. The Hall–Kier alpha value is -1.36. The molecule has 0 bridgehead atoms. The van der Waals surface area contributed by atoms with Crippen LogP contribution in [0.15, 0.2) is 12.4 Å². The number of carboxylic acid groups (broad SMARTS) is 1. The van der Waals surface area contributed by atoms with Crippen molar-refractivity contribution in [1.82, 2.24) is 15.1 Å². The molecule has 0 amide bonds. The first-order chi connectivity index (χ1) is 8.99. The number of nitrogens with one attached hydrogen (secondary N) is 1. The molecule has 1 aromatic rings. The normalized spacial score (nSPS) is 18.2. The van der Waals surface area contributed by atoms with Crippen molar-refractivity contribution >= 4 is 5.97 Å². The molecule has 1 aliphatic carbocycles. The van der Waals surface area contributed by atoms with E-state index in [9.17, 15) is 9.90 Å². The van der Waals surface area contributed by atoms with Crippen LogP contribution in [-0.2, 0) is 11.3 Å². The average molecular weight is 265 g/mol. The zero-order valence-corrected chi connectivity index (χ0v) is 11.7. The molecule has 106 valence electrons. The summed E-state index contributed by atoms with van der Waals surface area (Å²) in [6.45, 7) is 4.67. The Morgan fingerprint density at radius 2 is 2.32 bits per heavy atom. The van der Waals surface area contributed by atoms with Crippen LogP contribution in [0.4, 0.5) is 0 Å². The van der Waals surface area contributed by atoms with Crippen LogP contribution < -0.4 is 5.32 Å². The van der Waals surface area contributed by atoms with E-state index in [0.717, 1.165) is 37.8 Å². The van der Waals surface area contributed by atoms with Crippen LogP contribution in [0.5, 0.6) is 0 Å². The lowest BCUT2D eigenvalue weighted by atomic mass is 9.94. The lowest BCUT2D eigenvalue weighted by Crippen LogP contribution is -2.50. The van der Waals surface area contributed by atoms with Gasteiger partial charge in [0.05, 0.1) is 6.20 Å². The predicted octanol–water partition coefficient (Wildman–Crippen LogP) is 1.96. The molecule has 1 heterocycles. The van der Waals surface area contributed by atoms with Gasteiger partial charge in [0, 0.05) is 18.8 Å². The third-order valence-corrected chi connectivity index (χ3v) is 3.65.